The van der Waals surface area contributed by atoms with E-state index in [0.29, 0.717) is 19.5 Å². The lowest BCUT2D eigenvalue weighted by molar-refractivity contribution is -0.131. The number of carbonyl (C=O) groups is 1. The Balaban J connectivity index is 1.42. The van der Waals surface area contributed by atoms with Crippen molar-refractivity contribution in [1.82, 2.24) is 24.9 Å². The van der Waals surface area contributed by atoms with Gasteiger partial charge in [-0.15, -0.1) is 0 Å². The summed E-state index contributed by atoms with van der Waals surface area (Å²) >= 11 is 0. The van der Waals surface area contributed by atoms with Gasteiger partial charge in [0.1, 0.15) is 6.54 Å². The summed E-state index contributed by atoms with van der Waals surface area (Å²) in [5.41, 5.74) is 2.87. The summed E-state index contributed by atoms with van der Waals surface area (Å²) in [6, 6.07) is 9.80. The zero-order chi connectivity index (χ0) is 17.4. The Labute approximate surface area is 145 Å². The highest BCUT2D eigenvalue weighted by Crippen LogP contribution is 2.22. The van der Waals surface area contributed by atoms with E-state index in [2.05, 4.69) is 15.3 Å². The number of amides is 1. The molecule has 0 aliphatic carbocycles. The van der Waals surface area contributed by atoms with Gasteiger partial charge in [0.2, 0.25) is 5.91 Å². The number of aliphatic hydroxyl groups excluding tert-OH is 1. The number of fused-ring (bicyclic) bond motifs is 1. The number of benzene rings is 1. The van der Waals surface area contributed by atoms with Crippen molar-refractivity contribution in [3.8, 4) is 0 Å². The van der Waals surface area contributed by atoms with E-state index in [0.717, 1.165) is 22.3 Å². The normalized spacial score (nSPS) is 20.5. The number of hydrogen-bond acceptors (Lipinski definition) is 4. The predicted molar refractivity (Wildman–Crippen MR) is 92.8 cm³/mol. The van der Waals surface area contributed by atoms with Gasteiger partial charge in [-0.3, -0.25) is 14.6 Å². The SMILES string of the molecule is Cc1cc(C[C@@H]2CN(C(=O)Cn3ncc4ccccc43)C[C@H]2O)n[nH]1. The number of aromatic amines is 1. The molecule has 130 valence electrons. The van der Waals surface area contributed by atoms with E-state index in [-0.39, 0.29) is 18.4 Å². The minimum Gasteiger partial charge on any atom is -0.391 e. The summed E-state index contributed by atoms with van der Waals surface area (Å²) in [7, 11) is 0. The predicted octanol–water partition coefficient (Wildman–Crippen LogP) is 1.13. The van der Waals surface area contributed by atoms with Crippen LogP contribution in [0.2, 0.25) is 0 Å². The fourth-order valence-corrected chi connectivity index (χ4v) is 3.49. The Morgan fingerprint density at radius 2 is 2.20 bits per heavy atom. The van der Waals surface area contributed by atoms with Crippen molar-refractivity contribution in [2.75, 3.05) is 13.1 Å². The zero-order valence-corrected chi connectivity index (χ0v) is 14.1. The summed E-state index contributed by atoms with van der Waals surface area (Å²) in [6.07, 6.45) is 1.92. The Bertz CT molecular complexity index is 900. The molecule has 0 saturated carbocycles. The third kappa shape index (κ3) is 3.15. The Morgan fingerprint density at radius 3 is 3.00 bits per heavy atom. The molecule has 1 aliphatic rings. The summed E-state index contributed by atoms with van der Waals surface area (Å²) in [5, 5.41) is 22.8. The molecule has 3 heterocycles. The largest absolute Gasteiger partial charge is 0.391 e. The van der Waals surface area contributed by atoms with Gasteiger partial charge in [0.05, 0.1) is 23.5 Å². The minimum absolute atomic E-state index is 0.0148. The number of β-amino-alcohol motifs (C(OH)–C–C–N with tert-alkyl or cyclic N) is 1. The zero-order valence-electron chi connectivity index (χ0n) is 14.1. The molecule has 7 heteroatoms. The molecular weight excluding hydrogens is 318 g/mol. The first-order valence-electron chi connectivity index (χ1n) is 8.47. The van der Waals surface area contributed by atoms with Crippen LogP contribution in [0.15, 0.2) is 36.5 Å². The highest BCUT2D eigenvalue weighted by Gasteiger charge is 2.34. The molecule has 2 atom stereocenters. The number of hydrogen-bond donors (Lipinski definition) is 2. The van der Waals surface area contributed by atoms with Crippen molar-refractivity contribution < 1.29 is 9.90 Å². The maximum Gasteiger partial charge on any atom is 0.244 e. The van der Waals surface area contributed by atoms with Crippen LogP contribution in [0.1, 0.15) is 11.4 Å². The molecule has 1 saturated heterocycles. The summed E-state index contributed by atoms with van der Waals surface area (Å²) in [5.74, 6) is -0.00497. The van der Waals surface area contributed by atoms with Crippen molar-refractivity contribution in [3.05, 3.63) is 47.9 Å². The Morgan fingerprint density at radius 1 is 1.36 bits per heavy atom. The second-order valence-corrected chi connectivity index (χ2v) is 6.73. The van der Waals surface area contributed by atoms with E-state index in [1.807, 2.05) is 37.3 Å². The number of nitrogens with one attached hydrogen (secondary N) is 1. The van der Waals surface area contributed by atoms with Crippen LogP contribution in [-0.2, 0) is 17.8 Å². The van der Waals surface area contributed by atoms with E-state index in [9.17, 15) is 9.90 Å². The van der Waals surface area contributed by atoms with E-state index >= 15 is 0 Å². The minimum atomic E-state index is -0.518. The van der Waals surface area contributed by atoms with Gasteiger partial charge in [0.15, 0.2) is 0 Å². The van der Waals surface area contributed by atoms with Gasteiger partial charge in [0.25, 0.3) is 0 Å². The number of aliphatic hydroxyl groups is 1. The second kappa shape index (κ2) is 6.33. The van der Waals surface area contributed by atoms with Crippen molar-refractivity contribution >= 4 is 16.8 Å². The molecule has 1 aromatic carbocycles. The lowest BCUT2D eigenvalue weighted by Crippen LogP contribution is -2.33. The van der Waals surface area contributed by atoms with Gasteiger partial charge >= 0.3 is 0 Å². The van der Waals surface area contributed by atoms with Gasteiger partial charge < -0.3 is 10.0 Å². The summed E-state index contributed by atoms with van der Waals surface area (Å²) in [6.45, 7) is 3.05. The van der Waals surface area contributed by atoms with Gasteiger partial charge in [-0.2, -0.15) is 10.2 Å². The number of aromatic nitrogens is 4. The van der Waals surface area contributed by atoms with Crippen molar-refractivity contribution in [1.29, 1.82) is 0 Å². The smallest absolute Gasteiger partial charge is 0.244 e. The topological polar surface area (TPSA) is 87.0 Å². The monoisotopic (exact) mass is 339 g/mol. The fraction of sp³-hybridized carbons (Fsp3) is 0.389. The molecule has 3 aromatic rings. The van der Waals surface area contributed by atoms with Crippen LogP contribution < -0.4 is 0 Å². The summed E-state index contributed by atoms with van der Waals surface area (Å²) < 4.78 is 1.72. The average molecular weight is 339 g/mol. The molecule has 4 rings (SSSR count). The van der Waals surface area contributed by atoms with Gasteiger partial charge in [0, 0.05) is 30.1 Å². The van der Waals surface area contributed by atoms with Crippen molar-refractivity contribution in [2.24, 2.45) is 5.92 Å². The lowest BCUT2D eigenvalue weighted by atomic mass is 10.0. The molecule has 0 bridgehead atoms. The first-order valence-corrected chi connectivity index (χ1v) is 8.47. The molecule has 1 fully saturated rings. The van der Waals surface area contributed by atoms with Crippen LogP contribution in [0.5, 0.6) is 0 Å². The van der Waals surface area contributed by atoms with E-state index in [4.69, 9.17) is 0 Å². The lowest BCUT2D eigenvalue weighted by Gasteiger charge is -2.16. The number of nitrogens with zero attached hydrogens (tertiary/aromatic N) is 4. The standard InChI is InChI=1S/C18H21N5O2/c1-12-6-15(21-20-12)7-14-9-22(10-17(14)24)18(25)11-23-16-5-3-2-4-13(16)8-19-23/h2-6,8,14,17,24H,7,9-11H2,1H3,(H,20,21)/t14-,17-/m1/s1. The molecule has 7 nitrogen and oxygen atoms in total. The highest BCUT2D eigenvalue weighted by atomic mass is 16.3. The van der Waals surface area contributed by atoms with E-state index in [1.54, 1.807) is 15.8 Å². The number of H-pyrrole nitrogens is 1. The Hall–Kier alpha value is -2.67. The van der Waals surface area contributed by atoms with Gasteiger partial charge in [-0.25, -0.2) is 0 Å². The van der Waals surface area contributed by atoms with E-state index < -0.39 is 6.10 Å². The average Bonchev–Trinajstić information content (AvgIpc) is 3.29. The van der Waals surface area contributed by atoms with Crippen LogP contribution in [0.25, 0.3) is 10.9 Å². The summed E-state index contributed by atoms with van der Waals surface area (Å²) in [4.78, 5) is 14.4. The molecular formula is C18H21N5O2. The third-order valence-electron chi connectivity index (χ3n) is 4.83. The maximum atomic E-state index is 12.6. The molecule has 0 unspecified atom stereocenters. The molecule has 0 spiro atoms. The number of carbonyl (C=O) groups excluding carboxylic acids is 1. The molecule has 2 N–H and O–H groups in total. The van der Waals surface area contributed by atoms with Crippen LogP contribution >= 0.6 is 0 Å². The number of aryl methyl sites for hydroxylation is 1. The molecule has 2 aromatic heterocycles. The molecule has 25 heavy (non-hydrogen) atoms. The second-order valence-electron chi connectivity index (χ2n) is 6.73. The van der Waals surface area contributed by atoms with Gasteiger partial charge in [-0.05, 0) is 25.5 Å². The van der Waals surface area contributed by atoms with Crippen LogP contribution in [0.4, 0.5) is 0 Å². The van der Waals surface area contributed by atoms with Crippen LogP contribution in [0.3, 0.4) is 0 Å². The third-order valence-corrected chi connectivity index (χ3v) is 4.83. The highest BCUT2D eigenvalue weighted by molar-refractivity contribution is 5.82. The van der Waals surface area contributed by atoms with Crippen molar-refractivity contribution in [3.63, 3.8) is 0 Å². The molecule has 1 aliphatic heterocycles. The maximum absolute atomic E-state index is 12.6. The van der Waals surface area contributed by atoms with Crippen LogP contribution in [-0.4, -0.2) is 55.1 Å². The first-order chi connectivity index (χ1) is 12.1. The quantitative estimate of drug-likeness (QED) is 0.746. The Kier molecular flexibility index (Phi) is 4.01. The molecule has 0 radical (unpaired) electrons. The van der Waals surface area contributed by atoms with E-state index in [1.165, 1.54) is 0 Å². The number of para-hydroxylation sites is 1. The van der Waals surface area contributed by atoms with Crippen LogP contribution in [0, 0.1) is 12.8 Å². The fourth-order valence-electron chi connectivity index (χ4n) is 3.49. The van der Waals surface area contributed by atoms with Gasteiger partial charge in [-0.1, -0.05) is 18.2 Å². The number of rotatable bonds is 4. The number of likely N-dealkylation sites (tertiary alicyclic amines) is 1. The molecule has 1 amide bonds. The van der Waals surface area contributed by atoms with Crippen molar-refractivity contribution in [2.45, 2.75) is 26.0 Å². The first kappa shape index (κ1) is 15.8.